The van der Waals surface area contributed by atoms with E-state index in [1.165, 1.54) is 0 Å². The molecule has 0 N–H and O–H groups in total. The Morgan fingerprint density at radius 2 is 1.82 bits per heavy atom. The van der Waals surface area contributed by atoms with Crippen LogP contribution in [-0.4, -0.2) is 28.4 Å². The lowest BCUT2D eigenvalue weighted by molar-refractivity contribution is 0.224. The average molecular weight is 195 g/mol. The summed E-state index contributed by atoms with van der Waals surface area (Å²) >= 11 is 5.47. The van der Waals surface area contributed by atoms with Crippen molar-refractivity contribution in [2.45, 2.75) is 13.8 Å². The van der Waals surface area contributed by atoms with Gasteiger partial charge in [0.15, 0.2) is 0 Å². The molecule has 0 unspecified atom stereocenters. The SMILES string of the molecule is CCO[SiH](C=CCCl)OCC. The molecule has 0 rings (SSSR count). The zero-order chi connectivity index (χ0) is 8.53. The van der Waals surface area contributed by atoms with Gasteiger partial charge in [-0.3, -0.25) is 0 Å². The highest BCUT2D eigenvalue weighted by Crippen LogP contribution is 1.92. The summed E-state index contributed by atoms with van der Waals surface area (Å²) in [5.41, 5.74) is 1.96. The van der Waals surface area contributed by atoms with E-state index >= 15 is 0 Å². The van der Waals surface area contributed by atoms with E-state index in [2.05, 4.69) is 0 Å². The van der Waals surface area contributed by atoms with Gasteiger partial charge in [-0.25, -0.2) is 0 Å². The van der Waals surface area contributed by atoms with E-state index in [4.69, 9.17) is 20.5 Å². The number of halogens is 1. The summed E-state index contributed by atoms with van der Waals surface area (Å²) in [6.07, 6.45) is 1.88. The summed E-state index contributed by atoms with van der Waals surface area (Å²) in [6, 6.07) is 0. The molecule has 0 aromatic carbocycles. The van der Waals surface area contributed by atoms with Crippen LogP contribution in [0.1, 0.15) is 13.8 Å². The topological polar surface area (TPSA) is 18.5 Å². The summed E-state index contributed by atoms with van der Waals surface area (Å²) in [4.78, 5) is 0. The lowest BCUT2D eigenvalue weighted by atomic mass is 10.8. The van der Waals surface area contributed by atoms with E-state index in [-0.39, 0.29) is 0 Å². The lowest BCUT2D eigenvalue weighted by Gasteiger charge is -2.09. The first-order valence-electron chi connectivity index (χ1n) is 3.81. The van der Waals surface area contributed by atoms with Gasteiger partial charge in [0.25, 0.3) is 0 Å². The third-order valence-corrected chi connectivity index (χ3v) is 3.13. The average Bonchev–Trinajstić information content (AvgIpc) is 2.01. The van der Waals surface area contributed by atoms with Crippen LogP contribution in [0.2, 0.25) is 0 Å². The number of allylic oxidation sites excluding steroid dienone is 1. The molecule has 0 bridgehead atoms. The molecular formula is C7H15ClO2Si. The first kappa shape index (κ1) is 11.2. The Bertz CT molecular complexity index is 103. The summed E-state index contributed by atoms with van der Waals surface area (Å²) in [5.74, 6) is 0.531. The molecule has 0 fully saturated rings. The van der Waals surface area contributed by atoms with Crippen molar-refractivity contribution in [3.63, 3.8) is 0 Å². The number of alkyl halides is 1. The molecule has 0 saturated heterocycles. The molecule has 2 nitrogen and oxygen atoms in total. The Morgan fingerprint density at radius 3 is 2.18 bits per heavy atom. The van der Waals surface area contributed by atoms with Gasteiger partial charge in [-0.15, -0.1) is 11.6 Å². The molecule has 0 aliphatic rings. The molecule has 0 heterocycles. The predicted octanol–water partition coefficient (Wildman–Crippen LogP) is 1.61. The van der Waals surface area contributed by atoms with E-state index in [9.17, 15) is 0 Å². The summed E-state index contributed by atoms with van der Waals surface area (Å²) in [7, 11) is -1.52. The second-order valence-electron chi connectivity index (χ2n) is 1.86. The van der Waals surface area contributed by atoms with Gasteiger partial charge in [0.1, 0.15) is 0 Å². The van der Waals surface area contributed by atoms with Gasteiger partial charge in [-0.1, -0.05) is 6.08 Å². The van der Waals surface area contributed by atoms with E-state index < -0.39 is 9.28 Å². The Kier molecular flexibility index (Phi) is 8.39. The first-order chi connectivity index (χ1) is 5.35. The van der Waals surface area contributed by atoms with Crippen molar-refractivity contribution in [2.24, 2.45) is 0 Å². The summed E-state index contributed by atoms with van der Waals surface area (Å²) in [6.45, 7) is 5.36. The molecule has 0 aromatic rings. The van der Waals surface area contributed by atoms with Crippen LogP contribution < -0.4 is 0 Å². The van der Waals surface area contributed by atoms with Gasteiger partial charge < -0.3 is 8.85 Å². The molecule has 0 spiro atoms. The molecule has 11 heavy (non-hydrogen) atoms. The molecule has 0 aliphatic heterocycles. The maximum Gasteiger partial charge on any atom is 0.348 e. The monoisotopic (exact) mass is 194 g/mol. The van der Waals surface area contributed by atoms with E-state index in [0.29, 0.717) is 19.1 Å². The molecule has 66 valence electrons. The van der Waals surface area contributed by atoms with Crippen LogP contribution in [0.3, 0.4) is 0 Å². The fourth-order valence-electron chi connectivity index (χ4n) is 0.650. The lowest BCUT2D eigenvalue weighted by Crippen LogP contribution is -2.20. The molecular weight excluding hydrogens is 180 g/mol. The minimum Gasteiger partial charge on any atom is -0.394 e. The van der Waals surface area contributed by atoms with Crippen LogP contribution >= 0.6 is 11.6 Å². The van der Waals surface area contributed by atoms with Crippen LogP contribution in [0.25, 0.3) is 0 Å². The fraction of sp³-hybridized carbons (Fsp3) is 0.714. The van der Waals surface area contributed by atoms with Crippen molar-refractivity contribution in [1.29, 1.82) is 0 Å². The van der Waals surface area contributed by atoms with Crippen molar-refractivity contribution in [1.82, 2.24) is 0 Å². The van der Waals surface area contributed by atoms with Gasteiger partial charge in [0, 0.05) is 19.1 Å². The highest BCUT2D eigenvalue weighted by Gasteiger charge is 2.05. The second-order valence-corrected chi connectivity index (χ2v) is 3.96. The van der Waals surface area contributed by atoms with Crippen LogP contribution in [0.15, 0.2) is 11.8 Å². The predicted molar refractivity (Wildman–Crippen MR) is 50.3 cm³/mol. The van der Waals surface area contributed by atoms with E-state index in [0.717, 1.165) is 0 Å². The molecule has 0 radical (unpaired) electrons. The third kappa shape index (κ3) is 6.56. The van der Waals surface area contributed by atoms with Gasteiger partial charge in [0.05, 0.1) is 0 Å². The van der Waals surface area contributed by atoms with Crippen molar-refractivity contribution < 1.29 is 8.85 Å². The van der Waals surface area contributed by atoms with Crippen LogP contribution in [0.5, 0.6) is 0 Å². The number of hydrogen-bond donors (Lipinski definition) is 0. The first-order valence-corrected chi connectivity index (χ1v) is 5.95. The Balaban J connectivity index is 3.58. The third-order valence-electron chi connectivity index (χ3n) is 1.04. The van der Waals surface area contributed by atoms with E-state index in [1.54, 1.807) is 0 Å². The van der Waals surface area contributed by atoms with Gasteiger partial charge >= 0.3 is 9.28 Å². The second kappa shape index (κ2) is 8.27. The molecule has 0 saturated carbocycles. The van der Waals surface area contributed by atoms with Gasteiger partial charge in [-0.2, -0.15) is 0 Å². The van der Waals surface area contributed by atoms with Crippen LogP contribution in [0.4, 0.5) is 0 Å². The molecule has 0 aromatic heterocycles. The Morgan fingerprint density at radius 1 is 1.27 bits per heavy atom. The number of hydrogen-bond acceptors (Lipinski definition) is 2. The highest BCUT2D eigenvalue weighted by molar-refractivity contribution is 6.50. The standard InChI is InChI=1S/C7H15ClO2Si/c1-3-9-11(10-4-2)7-5-6-8/h5,7,11H,3-4,6H2,1-2H3. The smallest absolute Gasteiger partial charge is 0.348 e. The zero-order valence-electron chi connectivity index (χ0n) is 7.05. The largest absolute Gasteiger partial charge is 0.394 e. The maximum absolute atomic E-state index is 5.47. The molecule has 0 aliphatic carbocycles. The minimum atomic E-state index is -1.52. The van der Waals surface area contributed by atoms with Crippen molar-refractivity contribution >= 4 is 20.9 Å². The Hall–Kier alpha value is 0.167. The number of rotatable bonds is 6. The van der Waals surface area contributed by atoms with Crippen molar-refractivity contribution in [2.75, 3.05) is 19.1 Å². The molecule has 0 amide bonds. The molecule has 4 heteroatoms. The van der Waals surface area contributed by atoms with Gasteiger partial charge in [0.2, 0.25) is 0 Å². The van der Waals surface area contributed by atoms with Crippen molar-refractivity contribution in [3.05, 3.63) is 11.8 Å². The van der Waals surface area contributed by atoms with Crippen molar-refractivity contribution in [3.8, 4) is 0 Å². The minimum absolute atomic E-state index is 0.531. The summed E-state index contributed by atoms with van der Waals surface area (Å²) < 4.78 is 10.7. The van der Waals surface area contributed by atoms with Gasteiger partial charge in [-0.05, 0) is 19.5 Å². The summed E-state index contributed by atoms with van der Waals surface area (Å²) in [5, 5.41) is 0. The quantitative estimate of drug-likeness (QED) is 0.473. The normalized spacial score (nSPS) is 11.6. The molecule has 0 atom stereocenters. The van der Waals surface area contributed by atoms with Crippen LogP contribution in [-0.2, 0) is 8.85 Å². The maximum atomic E-state index is 5.47. The van der Waals surface area contributed by atoms with Crippen LogP contribution in [0, 0.1) is 0 Å². The zero-order valence-corrected chi connectivity index (χ0v) is 8.96. The van der Waals surface area contributed by atoms with E-state index in [1.807, 2.05) is 25.6 Å². The Labute approximate surface area is 75.0 Å². The highest BCUT2D eigenvalue weighted by atomic mass is 35.5. The fourth-order valence-corrected chi connectivity index (χ4v) is 2.26.